The van der Waals surface area contributed by atoms with Crippen LogP contribution < -0.4 is 10.6 Å². The van der Waals surface area contributed by atoms with E-state index in [4.69, 9.17) is 4.74 Å². The quantitative estimate of drug-likeness (QED) is 0.584. The van der Waals surface area contributed by atoms with Gasteiger partial charge in [-0.15, -0.1) is 0 Å². The minimum Gasteiger partial charge on any atom is -0.379 e. The van der Waals surface area contributed by atoms with Crippen molar-refractivity contribution in [1.82, 2.24) is 15.5 Å². The summed E-state index contributed by atoms with van der Waals surface area (Å²) in [5, 5.41) is 6.69. The summed E-state index contributed by atoms with van der Waals surface area (Å²) in [6.45, 7) is 9.49. The Kier molecular flexibility index (Phi) is 8.61. The van der Waals surface area contributed by atoms with Gasteiger partial charge in [0.2, 0.25) is 0 Å². The van der Waals surface area contributed by atoms with Gasteiger partial charge in [0.25, 0.3) is 0 Å². The standard InChI is InChI=1S/C13H29N3O/c1-3-6-15-7-11-17-12-10-16-8-4-13(14-2)5-9-16/h13-15H,3-12H2,1-2H3. The molecule has 0 saturated carbocycles. The maximum absolute atomic E-state index is 5.62. The number of piperidine rings is 1. The predicted octanol–water partition coefficient (Wildman–Crippen LogP) is 0.686. The molecule has 0 aromatic rings. The van der Waals surface area contributed by atoms with Gasteiger partial charge in [-0.1, -0.05) is 6.92 Å². The molecule has 0 bridgehead atoms. The molecule has 0 radical (unpaired) electrons. The van der Waals surface area contributed by atoms with Crippen LogP contribution in [0.2, 0.25) is 0 Å². The van der Waals surface area contributed by atoms with E-state index < -0.39 is 0 Å². The third-order valence-electron chi connectivity index (χ3n) is 3.40. The molecule has 1 aliphatic rings. The van der Waals surface area contributed by atoms with Crippen LogP contribution in [-0.2, 0) is 4.74 Å². The van der Waals surface area contributed by atoms with Crippen LogP contribution >= 0.6 is 0 Å². The van der Waals surface area contributed by atoms with Gasteiger partial charge < -0.3 is 20.3 Å². The molecule has 4 nitrogen and oxygen atoms in total. The summed E-state index contributed by atoms with van der Waals surface area (Å²) in [7, 11) is 2.06. The highest BCUT2D eigenvalue weighted by Gasteiger charge is 2.16. The van der Waals surface area contributed by atoms with Crippen molar-refractivity contribution in [2.45, 2.75) is 32.2 Å². The van der Waals surface area contributed by atoms with E-state index in [9.17, 15) is 0 Å². The van der Waals surface area contributed by atoms with Gasteiger partial charge in [0.05, 0.1) is 13.2 Å². The molecule has 0 spiro atoms. The Bertz CT molecular complexity index is 170. The Hall–Kier alpha value is -0.160. The van der Waals surface area contributed by atoms with E-state index in [0.29, 0.717) is 0 Å². The molecule has 1 rings (SSSR count). The summed E-state index contributed by atoms with van der Waals surface area (Å²) in [4.78, 5) is 2.51. The summed E-state index contributed by atoms with van der Waals surface area (Å²) in [6.07, 6.45) is 3.74. The maximum atomic E-state index is 5.62. The molecule has 1 aliphatic heterocycles. The van der Waals surface area contributed by atoms with Gasteiger partial charge in [-0.05, 0) is 45.9 Å². The summed E-state index contributed by atoms with van der Waals surface area (Å²) < 4.78 is 5.62. The van der Waals surface area contributed by atoms with Crippen LogP contribution in [0.15, 0.2) is 0 Å². The second-order valence-corrected chi connectivity index (χ2v) is 4.77. The molecular weight excluding hydrogens is 214 g/mol. The number of ether oxygens (including phenoxy) is 1. The minimum absolute atomic E-state index is 0.727. The fourth-order valence-electron chi connectivity index (χ4n) is 2.19. The Morgan fingerprint density at radius 1 is 1.18 bits per heavy atom. The first-order chi connectivity index (χ1) is 8.36. The molecule has 1 fully saturated rings. The number of nitrogens with one attached hydrogen (secondary N) is 2. The molecule has 4 heteroatoms. The Labute approximate surface area is 106 Å². The Morgan fingerprint density at radius 3 is 2.59 bits per heavy atom. The average Bonchev–Trinajstić information content (AvgIpc) is 2.38. The lowest BCUT2D eigenvalue weighted by Crippen LogP contribution is -2.42. The van der Waals surface area contributed by atoms with Crippen molar-refractivity contribution in [2.24, 2.45) is 0 Å². The first-order valence-electron chi connectivity index (χ1n) is 7.05. The number of hydrogen-bond acceptors (Lipinski definition) is 4. The zero-order chi connectivity index (χ0) is 12.3. The molecule has 102 valence electrons. The first kappa shape index (κ1) is 14.9. The topological polar surface area (TPSA) is 36.5 Å². The molecule has 1 heterocycles. The highest BCUT2D eigenvalue weighted by atomic mass is 16.5. The van der Waals surface area contributed by atoms with Gasteiger partial charge >= 0.3 is 0 Å². The van der Waals surface area contributed by atoms with Gasteiger partial charge in [-0.2, -0.15) is 0 Å². The van der Waals surface area contributed by atoms with Gasteiger partial charge in [-0.3, -0.25) is 0 Å². The smallest absolute Gasteiger partial charge is 0.0594 e. The van der Waals surface area contributed by atoms with E-state index in [2.05, 4.69) is 29.5 Å². The molecule has 0 aliphatic carbocycles. The molecule has 0 aromatic carbocycles. The molecule has 2 N–H and O–H groups in total. The number of hydrogen-bond donors (Lipinski definition) is 2. The highest BCUT2D eigenvalue weighted by Crippen LogP contribution is 2.08. The average molecular weight is 243 g/mol. The zero-order valence-corrected chi connectivity index (χ0v) is 11.5. The second kappa shape index (κ2) is 9.83. The van der Waals surface area contributed by atoms with E-state index in [1.807, 2.05) is 0 Å². The van der Waals surface area contributed by atoms with Gasteiger partial charge in [-0.25, -0.2) is 0 Å². The molecule has 1 saturated heterocycles. The fraction of sp³-hybridized carbons (Fsp3) is 1.00. The number of nitrogens with zero attached hydrogens (tertiary/aromatic N) is 1. The highest BCUT2D eigenvalue weighted by molar-refractivity contribution is 4.75. The maximum Gasteiger partial charge on any atom is 0.0594 e. The van der Waals surface area contributed by atoms with Gasteiger partial charge in [0.15, 0.2) is 0 Å². The van der Waals surface area contributed by atoms with E-state index in [0.717, 1.165) is 38.9 Å². The van der Waals surface area contributed by atoms with E-state index in [1.165, 1.54) is 32.4 Å². The molecule has 0 unspecified atom stereocenters. The Morgan fingerprint density at radius 2 is 1.94 bits per heavy atom. The molecule has 17 heavy (non-hydrogen) atoms. The normalized spacial score (nSPS) is 18.7. The second-order valence-electron chi connectivity index (χ2n) is 4.77. The van der Waals surface area contributed by atoms with Crippen molar-refractivity contribution < 1.29 is 4.74 Å². The molecule has 0 aromatic heterocycles. The molecular formula is C13H29N3O. The van der Waals surface area contributed by atoms with Crippen molar-refractivity contribution in [3.05, 3.63) is 0 Å². The van der Waals surface area contributed by atoms with E-state index in [-0.39, 0.29) is 0 Å². The summed E-state index contributed by atoms with van der Waals surface area (Å²) in [5.74, 6) is 0. The summed E-state index contributed by atoms with van der Waals surface area (Å²) in [6, 6.07) is 0.727. The third-order valence-corrected chi connectivity index (χ3v) is 3.40. The molecule has 0 atom stereocenters. The lowest BCUT2D eigenvalue weighted by Gasteiger charge is -2.31. The van der Waals surface area contributed by atoms with Crippen molar-refractivity contribution in [3.63, 3.8) is 0 Å². The Balaban J connectivity index is 1.87. The van der Waals surface area contributed by atoms with Crippen molar-refractivity contribution in [2.75, 3.05) is 53.0 Å². The van der Waals surface area contributed by atoms with Gasteiger partial charge in [0.1, 0.15) is 0 Å². The predicted molar refractivity (Wildman–Crippen MR) is 72.5 cm³/mol. The molecule has 0 amide bonds. The van der Waals surface area contributed by atoms with Crippen LogP contribution in [0, 0.1) is 0 Å². The summed E-state index contributed by atoms with van der Waals surface area (Å²) >= 11 is 0. The van der Waals surface area contributed by atoms with Crippen molar-refractivity contribution >= 4 is 0 Å². The van der Waals surface area contributed by atoms with Crippen LogP contribution in [0.4, 0.5) is 0 Å². The monoisotopic (exact) mass is 243 g/mol. The van der Waals surface area contributed by atoms with Crippen molar-refractivity contribution in [1.29, 1.82) is 0 Å². The number of rotatable bonds is 9. The third kappa shape index (κ3) is 6.99. The van der Waals surface area contributed by atoms with Crippen LogP contribution in [-0.4, -0.2) is 63.9 Å². The van der Waals surface area contributed by atoms with Crippen molar-refractivity contribution in [3.8, 4) is 0 Å². The van der Waals surface area contributed by atoms with E-state index >= 15 is 0 Å². The summed E-state index contributed by atoms with van der Waals surface area (Å²) in [5.41, 5.74) is 0. The van der Waals surface area contributed by atoms with E-state index in [1.54, 1.807) is 0 Å². The largest absolute Gasteiger partial charge is 0.379 e. The SMILES string of the molecule is CCCNCCOCCN1CCC(NC)CC1. The lowest BCUT2D eigenvalue weighted by atomic mass is 10.1. The van der Waals surface area contributed by atoms with Crippen LogP contribution in [0.25, 0.3) is 0 Å². The van der Waals surface area contributed by atoms with Crippen LogP contribution in [0.5, 0.6) is 0 Å². The minimum atomic E-state index is 0.727. The zero-order valence-electron chi connectivity index (χ0n) is 11.5. The number of likely N-dealkylation sites (tertiary alicyclic amines) is 1. The lowest BCUT2D eigenvalue weighted by molar-refractivity contribution is 0.0938. The van der Waals surface area contributed by atoms with Crippen LogP contribution in [0.3, 0.4) is 0 Å². The first-order valence-corrected chi connectivity index (χ1v) is 7.05. The van der Waals surface area contributed by atoms with Crippen LogP contribution in [0.1, 0.15) is 26.2 Å². The fourth-order valence-corrected chi connectivity index (χ4v) is 2.19. The van der Waals surface area contributed by atoms with Gasteiger partial charge in [0, 0.05) is 19.1 Å².